The predicted molar refractivity (Wildman–Crippen MR) is 110 cm³/mol. The number of alkyl carbamates (subject to hydrolysis) is 1. The maximum absolute atomic E-state index is 12.7. The van der Waals surface area contributed by atoms with Gasteiger partial charge in [-0.05, 0) is 51.7 Å². The summed E-state index contributed by atoms with van der Waals surface area (Å²) >= 11 is 0. The van der Waals surface area contributed by atoms with Crippen molar-refractivity contribution >= 4 is 22.9 Å². The lowest BCUT2D eigenvalue weighted by Gasteiger charge is -2.32. The molecule has 8 nitrogen and oxygen atoms in total. The number of para-hydroxylation sites is 1. The smallest absolute Gasteiger partial charge is 0.407 e. The molecule has 1 saturated heterocycles. The molecule has 0 radical (unpaired) electrons. The standard InChI is InChI=1S/C21H28N4O4/c1-21(2,3)29-20(28)22-12-15-8-10-24(11-9-15)19(27)14-25-17-7-5-4-6-16(17)18(26)13-23-25/h4-7,13,15H,8-12,14H2,1-3H3,(H,22,28). The van der Waals surface area contributed by atoms with Gasteiger partial charge in [0.25, 0.3) is 0 Å². The summed E-state index contributed by atoms with van der Waals surface area (Å²) in [6, 6.07) is 7.16. The second kappa shape index (κ2) is 8.63. The molecule has 2 heterocycles. The second-order valence-electron chi connectivity index (χ2n) is 8.39. The number of amides is 2. The Bertz CT molecular complexity index is 940. The molecule has 0 bridgehead atoms. The van der Waals surface area contributed by atoms with Crippen molar-refractivity contribution in [2.75, 3.05) is 19.6 Å². The summed E-state index contributed by atoms with van der Waals surface area (Å²) in [4.78, 5) is 38.2. The van der Waals surface area contributed by atoms with Crippen LogP contribution in [0.3, 0.4) is 0 Å². The van der Waals surface area contributed by atoms with Gasteiger partial charge in [0, 0.05) is 25.0 Å². The molecular weight excluding hydrogens is 372 g/mol. The third kappa shape index (κ3) is 5.56. The summed E-state index contributed by atoms with van der Waals surface area (Å²) in [7, 11) is 0. The van der Waals surface area contributed by atoms with E-state index in [1.807, 2.05) is 31.7 Å². The molecular formula is C21H28N4O4. The van der Waals surface area contributed by atoms with Crippen LogP contribution in [-0.2, 0) is 16.1 Å². The highest BCUT2D eigenvalue weighted by Gasteiger charge is 2.24. The molecule has 8 heteroatoms. The molecule has 0 atom stereocenters. The zero-order valence-electron chi connectivity index (χ0n) is 17.2. The Morgan fingerprint density at radius 1 is 1.21 bits per heavy atom. The lowest BCUT2D eigenvalue weighted by Crippen LogP contribution is -2.43. The van der Waals surface area contributed by atoms with Gasteiger partial charge in [-0.25, -0.2) is 4.79 Å². The zero-order valence-corrected chi connectivity index (χ0v) is 17.2. The number of hydrogen-bond donors (Lipinski definition) is 1. The fourth-order valence-electron chi connectivity index (χ4n) is 3.44. The lowest BCUT2D eigenvalue weighted by molar-refractivity contribution is -0.133. The van der Waals surface area contributed by atoms with Gasteiger partial charge in [0.15, 0.2) is 0 Å². The van der Waals surface area contributed by atoms with E-state index in [-0.39, 0.29) is 17.9 Å². The molecule has 156 valence electrons. The molecule has 2 aromatic rings. The number of benzene rings is 1. The van der Waals surface area contributed by atoms with Crippen molar-refractivity contribution in [3.63, 3.8) is 0 Å². The van der Waals surface area contributed by atoms with E-state index in [0.717, 1.165) is 12.8 Å². The minimum atomic E-state index is -0.514. The molecule has 0 unspecified atom stereocenters. The quantitative estimate of drug-likeness (QED) is 0.849. The highest BCUT2D eigenvalue weighted by Crippen LogP contribution is 2.18. The van der Waals surface area contributed by atoms with Crippen LogP contribution in [0.2, 0.25) is 0 Å². The first-order valence-corrected chi connectivity index (χ1v) is 9.92. The Hall–Kier alpha value is -2.90. The number of aromatic nitrogens is 2. The van der Waals surface area contributed by atoms with Gasteiger partial charge in [-0.15, -0.1) is 0 Å². The van der Waals surface area contributed by atoms with Gasteiger partial charge in [0.2, 0.25) is 11.3 Å². The van der Waals surface area contributed by atoms with Crippen LogP contribution in [0.4, 0.5) is 4.79 Å². The van der Waals surface area contributed by atoms with Crippen molar-refractivity contribution < 1.29 is 14.3 Å². The molecule has 29 heavy (non-hydrogen) atoms. The third-order valence-corrected chi connectivity index (χ3v) is 4.95. The van der Waals surface area contributed by atoms with E-state index >= 15 is 0 Å². The Morgan fingerprint density at radius 3 is 2.59 bits per heavy atom. The molecule has 1 aromatic carbocycles. The number of carbonyl (C=O) groups excluding carboxylic acids is 2. The summed E-state index contributed by atoms with van der Waals surface area (Å²) < 4.78 is 6.83. The van der Waals surface area contributed by atoms with Gasteiger partial charge in [-0.1, -0.05) is 12.1 Å². The molecule has 1 aliphatic rings. The van der Waals surface area contributed by atoms with Crippen LogP contribution < -0.4 is 10.7 Å². The molecule has 1 aromatic heterocycles. The number of piperidine rings is 1. The number of rotatable bonds is 4. The van der Waals surface area contributed by atoms with Gasteiger partial charge >= 0.3 is 6.09 Å². The van der Waals surface area contributed by atoms with Crippen LogP contribution in [-0.4, -0.2) is 51.9 Å². The van der Waals surface area contributed by atoms with E-state index < -0.39 is 11.7 Å². The number of ether oxygens (including phenoxy) is 1. The van der Waals surface area contributed by atoms with Crippen LogP contribution in [0.25, 0.3) is 10.9 Å². The van der Waals surface area contributed by atoms with Crippen molar-refractivity contribution in [2.24, 2.45) is 5.92 Å². The fourth-order valence-corrected chi connectivity index (χ4v) is 3.44. The Kier molecular flexibility index (Phi) is 6.20. The maximum Gasteiger partial charge on any atom is 0.407 e. The average molecular weight is 400 g/mol. The molecule has 0 spiro atoms. The van der Waals surface area contributed by atoms with Crippen LogP contribution in [0.15, 0.2) is 35.3 Å². The zero-order chi connectivity index (χ0) is 21.0. The highest BCUT2D eigenvalue weighted by atomic mass is 16.6. The van der Waals surface area contributed by atoms with Crippen molar-refractivity contribution in [1.82, 2.24) is 20.0 Å². The molecule has 0 saturated carbocycles. The summed E-state index contributed by atoms with van der Waals surface area (Å²) in [5, 5.41) is 7.50. The lowest BCUT2D eigenvalue weighted by atomic mass is 9.97. The van der Waals surface area contributed by atoms with E-state index in [1.165, 1.54) is 6.20 Å². The van der Waals surface area contributed by atoms with Crippen molar-refractivity contribution in [1.29, 1.82) is 0 Å². The molecule has 1 aliphatic heterocycles. The van der Waals surface area contributed by atoms with Gasteiger partial charge in [-0.3, -0.25) is 14.3 Å². The minimum Gasteiger partial charge on any atom is -0.444 e. The predicted octanol–water partition coefficient (Wildman–Crippen LogP) is 2.16. The first kappa shape index (κ1) is 20.8. The first-order valence-electron chi connectivity index (χ1n) is 9.92. The highest BCUT2D eigenvalue weighted by molar-refractivity contribution is 5.81. The third-order valence-electron chi connectivity index (χ3n) is 4.95. The number of hydrogen-bond acceptors (Lipinski definition) is 5. The molecule has 2 amide bonds. The van der Waals surface area contributed by atoms with E-state index in [2.05, 4.69) is 10.4 Å². The topological polar surface area (TPSA) is 93.5 Å². The van der Waals surface area contributed by atoms with Crippen molar-refractivity contribution in [2.45, 2.75) is 45.8 Å². The van der Waals surface area contributed by atoms with Gasteiger partial charge < -0.3 is 15.0 Å². The SMILES string of the molecule is CC(C)(C)OC(=O)NCC1CCN(C(=O)Cn2ncc(=O)c3ccccc32)CC1. The van der Waals surface area contributed by atoms with Crippen molar-refractivity contribution in [3.8, 4) is 0 Å². The summed E-state index contributed by atoms with van der Waals surface area (Å²) in [6.07, 6.45) is 2.48. The van der Waals surface area contributed by atoms with E-state index in [1.54, 1.807) is 22.9 Å². The van der Waals surface area contributed by atoms with Gasteiger partial charge in [0.1, 0.15) is 12.1 Å². The van der Waals surface area contributed by atoms with Crippen LogP contribution in [0.5, 0.6) is 0 Å². The number of likely N-dealkylation sites (tertiary alicyclic amines) is 1. The summed E-state index contributed by atoms with van der Waals surface area (Å²) in [5.74, 6) is 0.294. The molecule has 3 rings (SSSR count). The number of nitrogens with zero attached hydrogens (tertiary/aromatic N) is 3. The number of nitrogens with one attached hydrogen (secondary N) is 1. The summed E-state index contributed by atoms with van der Waals surface area (Å²) in [6.45, 7) is 7.41. The van der Waals surface area contributed by atoms with Crippen LogP contribution in [0.1, 0.15) is 33.6 Å². The van der Waals surface area contributed by atoms with Crippen LogP contribution in [0, 0.1) is 5.92 Å². The van der Waals surface area contributed by atoms with Gasteiger partial charge in [-0.2, -0.15) is 5.10 Å². The number of fused-ring (bicyclic) bond motifs is 1. The van der Waals surface area contributed by atoms with Crippen LogP contribution >= 0.6 is 0 Å². The Morgan fingerprint density at radius 2 is 1.90 bits per heavy atom. The van der Waals surface area contributed by atoms with Crippen molar-refractivity contribution in [3.05, 3.63) is 40.7 Å². The van der Waals surface area contributed by atoms with E-state index in [4.69, 9.17) is 4.74 Å². The largest absolute Gasteiger partial charge is 0.444 e. The molecule has 1 fully saturated rings. The fraction of sp³-hybridized carbons (Fsp3) is 0.524. The normalized spacial score (nSPS) is 15.3. The first-order chi connectivity index (χ1) is 13.7. The van der Waals surface area contributed by atoms with Gasteiger partial charge in [0.05, 0.1) is 11.7 Å². The average Bonchev–Trinajstić information content (AvgIpc) is 2.68. The van der Waals surface area contributed by atoms with E-state index in [0.29, 0.717) is 36.5 Å². The molecule has 1 N–H and O–H groups in total. The molecule has 0 aliphatic carbocycles. The maximum atomic E-state index is 12.7. The minimum absolute atomic E-state index is 0.0233. The Balaban J connectivity index is 1.52. The Labute approximate surface area is 169 Å². The monoisotopic (exact) mass is 400 g/mol. The van der Waals surface area contributed by atoms with E-state index in [9.17, 15) is 14.4 Å². The second-order valence-corrected chi connectivity index (χ2v) is 8.39. The summed E-state index contributed by atoms with van der Waals surface area (Å²) in [5.41, 5.74) is -0.00701. The number of carbonyl (C=O) groups is 2.